The van der Waals surface area contributed by atoms with E-state index in [2.05, 4.69) is 16.5 Å². The first-order valence-electron chi connectivity index (χ1n) is 7.69. The van der Waals surface area contributed by atoms with Crippen LogP contribution in [0.2, 0.25) is 0 Å². The van der Waals surface area contributed by atoms with Crippen LogP contribution in [0.5, 0.6) is 11.5 Å². The molecule has 6 nitrogen and oxygen atoms in total. The van der Waals surface area contributed by atoms with E-state index in [9.17, 15) is 4.79 Å². The third-order valence-corrected chi connectivity index (χ3v) is 3.74. The Hall–Kier alpha value is -2.24. The van der Waals surface area contributed by atoms with Crippen molar-refractivity contribution in [2.24, 2.45) is 0 Å². The van der Waals surface area contributed by atoms with Gasteiger partial charge >= 0.3 is 5.97 Å². The zero-order chi connectivity index (χ0) is 15.5. The lowest BCUT2D eigenvalue weighted by Crippen LogP contribution is -2.15. The molecule has 0 saturated carbocycles. The Labute approximate surface area is 128 Å². The fourth-order valence-electron chi connectivity index (χ4n) is 2.76. The normalized spacial score (nSPS) is 13.5. The SMILES string of the molecule is CCCc1nc2cc3c(cc2n1CCCC(=O)O)OCCO3. The minimum atomic E-state index is -0.768. The summed E-state index contributed by atoms with van der Waals surface area (Å²) in [7, 11) is 0. The summed E-state index contributed by atoms with van der Waals surface area (Å²) in [6.07, 6.45) is 2.62. The molecule has 0 atom stereocenters. The summed E-state index contributed by atoms with van der Waals surface area (Å²) in [6.45, 7) is 3.86. The molecule has 0 fully saturated rings. The number of hydrogen-bond donors (Lipinski definition) is 1. The van der Waals surface area contributed by atoms with Crippen molar-refractivity contribution < 1.29 is 19.4 Å². The molecule has 3 rings (SSSR count). The van der Waals surface area contributed by atoms with Gasteiger partial charge in [0.25, 0.3) is 0 Å². The van der Waals surface area contributed by atoms with Crippen molar-refractivity contribution >= 4 is 17.0 Å². The molecule has 1 aromatic carbocycles. The minimum absolute atomic E-state index is 0.162. The van der Waals surface area contributed by atoms with Gasteiger partial charge in [-0.1, -0.05) is 6.92 Å². The van der Waals surface area contributed by atoms with Crippen molar-refractivity contribution in [2.45, 2.75) is 39.2 Å². The molecule has 2 aromatic rings. The van der Waals surface area contributed by atoms with Crippen LogP contribution in [0.3, 0.4) is 0 Å². The lowest BCUT2D eigenvalue weighted by atomic mass is 10.2. The molecule has 0 saturated heterocycles. The number of carboxylic acids is 1. The van der Waals surface area contributed by atoms with Crippen LogP contribution in [0.15, 0.2) is 12.1 Å². The smallest absolute Gasteiger partial charge is 0.303 e. The third kappa shape index (κ3) is 2.86. The van der Waals surface area contributed by atoms with E-state index < -0.39 is 5.97 Å². The molecule has 2 heterocycles. The van der Waals surface area contributed by atoms with Gasteiger partial charge in [0, 0.05) is 31.5 Å². The van der Waals surface area contributed by atoms with Crippen molar-refractivity contribution in [2.75, 3.05) is 13.2 Å². The molecule has 1 aromatic heterocycles. The van der Waals surface area contributed by atoms with Crippen molar-refractivity contribution in [1.29, 1.82) is 0 Å². The molecule has 1 N–H and O–H groups in total. The van der Waals surface area contributed by atoms with Crippen LogP contribution >= 0.6 is 0 Å². The lowest BCUT2D eigenvalue weighted by Gasteiger charge is -2.18. The van der Waals surface area contributed by atoms with Gasteiger partial charge in [0.1, 0.15) is 19.0 Å². The lowest BCUT2D eigenvalue weighted by molar-refractivity contribution is -0.137. The Morgan fingerprint density at radius 3 is 2.73 bits per heavy atom. The highest BCUT2D eigenvalue weighted by atomic mass is 16.6. The molecule has 0 amide bonds. The molecular weight excluding hydrogens is 284 g/mol. The summed E-state index contributed by atoms with van der Waals surface area (Å²) in [5.74, 6) is 1.69. The third-order valence-electron chi connectivity index (χ3n) is 3.74. The Balaban J connectivity index is 1.98. The summed E-state index contributed by atoms with van der Waals surface area (Å²) >= 11 is 0. The summed E-state index contributed by atoms with van der Waals surface area (Å²) in [4.78, 5) is 15.4. The van der Waals surface area contributed by atoms with E-state index in [4.69, 9.17) is 14.6 Å². The molecule has 0 aliphatic carbocycles. The standard InChI is InChI=1S/C16H20N2O4/c1-2-4-15-17-11-9-13-14(22-8-7-21-13)10-12(11)18(15)6-3-5-16(19)20/h9-10H,2-8H2,1H3,(H,19,20). The van der Waals surface area contributed by atoms with Crippen LogP contribution in [0, 0.1) is 0 Å². The Morgan fingerprint density at radius 2 is 2.05 bits per heavy atom. The molecule has 1 aliphatic rings. The highest BCUT2D eigenvalue weighted by molar-refractivity contribution is 5.81. The number of carboxylic acid groups (broad SMARTS) is 1. The molecular formula is C16H20N2O4. The second-order valence-electron chi connectivity index (χ2n) is 5.41. The van der Waals surface area contributed by atoms with Crippen LogP contribution in [0.1, 0.15) is 32.0 Å². The Morgan fingerprint density at radius 1 is 1.32 bits per heavy atom. The number of rotatable bonds is 6. The van der Waals surface area contributed by atoms with Gasteiger partial charge in [-0.3, -0.25) is 4.79 Å². The maximum absolute atomic E-state index is 10.7. The quantitative estimate of drug-likeness (QED) is 0.888. The molecule has 0 radical (unpaired) electrons. The molecule has 6 heteroatoms. The fourth-order valence-corrected chi connectivity index (χ4v) is 2.76. The highest BCUT2D eigenvalue weighted by Gasteiger charge is 2.17. The number of benzene rings is 1. The van der Waals surface area contributed by atoms with E-state index in [1.54, 1.807) is 0 Å². The van der Waals surface area contributed by atoms with Crippen LogP contribution in [-0.2, 0) is 17.8 Å². The monoisotopic (exact) mass is 304 g/mol. The summed E-state index contributed by atoms with van der Waals surface area (Å²) < 4.78 is 13.4. The number of fused-ring (bicyclic) bond motifs is 2. The van der Waals surface area contributed by atoms with Crippen LogP contribution < -0.4 is 9.47 Å². The molecule has 1 aliphatic heterocycles. The number of aryl methyl sites for hydroxylation is 2. The second kappa shape index (κ2) is 6.25. The zero-order valence-corrected chi connectivity index (χ0v) is 12.7. The van der Waals surface area contributed by atoms with Gasteiger partial charge in [-0.2, -0.15) is 0 Å². The number of hydrogen-bond acceptors (Lipinski definition) is 4. The van der Waals surface area contributed by atoms with Gasteiger partial charge in [0.15, 0.2) is 11.5 Å². The van der Waals surface area contributed by atoms with Gasteiger partial charge in [-0.25, -0.2) is 4.98 Å². The van der Waals surface area contributed by atoms with E-state index in [0.717, 1.165) is 41.2 Å². The number of imidazole rings is 1. The summed E-state index contributed by atoms with van der Waals surface area (Å²) in [5, 5.41) is 8.82. The molecule has 22 heavy (non-hydrogen) atoms. The van der Waals surface area contributed by atoms with Crippen LogP contribution in [-0.4, -0.2) is 33.8 Å². The fraction of sp³-hybridized carbons (Fsp3) is 0.500. The summed E-state index contributed by atoms with van der Waals surface area (Å²) in [5.41, 5.74) is 1.86. The van der Waals surface area contributed by atoms with Gasteiger partial charge in [-0.05, 0) is 12.8 Å². The Bertz CT molecular complexity index is 693. The van der Waals surface area contributed by atoms with E-state index >= 15 is 0 Å². The van der Waals surface area contributed by atoms with E-state index in [1.807, 2.05) is 12.1 Å². The molecule has 0 spiro atoms. The highest BCUT2D eigenvalue weighted by Crippen LogP contribution is 2.35. The summed E-state index contributed by atoms with van der Waals surface area (Å²) in [6, 6.07) is 3.87. The second-order valence-corrected chi connectivity index (χ2v) is 5.41. The van der Waals surface area contributed by atoms with E-state index in [1.165, 1.54) is 0 Å². The topological polar surface area (TPSA) is 73.6 Å². The van der Waals surface area contributed by atoms with Crippen LogP contribution in [0.25, 0.3) is 11.0 Å². The molecule has 118 valence electrons. The van der Waals surface area contributed by atoms with Crippen molar-refractivity contribution in [3.05, 3.63) is 18.0 Å². The predicted octanol–water partition coefficient (Wildman–Crippen LogP) is 2.62. The first kappa shape index (κ1) is 14.7. The maximum Gasteiger partial charge on any atom is 0.303 e. The van der Waals surface area contributed by atoms with Gasteiger partial charge in [0.05, 0.1) is 11.0 Å². The van der Waals surface area contributed by atoms with E-state index in [0.29, 0.717) is 26.2 Å². The molecule has 0 bridgehead atoms. The van der Waals surface area contributed by atoms with Crippen LogP contribution in [0.4, 0.5) is 0 Å². The zero-order valence-electron chi connectivity index (χ0n) is 12.7. The average Bonchev–Trinajstić information content (AvgIpc) is 2.82. The number of aliphatic carboxylic acids is 1. The van der Waals surface area contributed by atoms with Gasteiger partial charge in [-0.15, -0.1) is 0 Å². The Kier molecular flexibility index (Phi) is 4.18. The van der Waals surface area contributed by atoms with Crippen molar-refractivity contribution in [3.63, 3.8) is 0 Å². The first-order chi connectivity index (χ1) is 10.7. The van der Waals surface area contributed by atoms with Crippen molar-refractivity contribution in [3.8, 4) is 11.5 Å². The van der Waals surface area contributed by atoms with Crippen molar-refractivity contribution in [1.82, 2.24) is 9.55 Å². The molecule has 0 unspecified atom stereocenters. The number of nitrogens with zero attached hydrogens (tertiary/aromatic N) is 2. The number of ether oxygens (including phenoxy) is 2. The minimum Gasteiger partial charge on any atom is -0.486 e. The largest absolute Gasteiger partial charge is 0.486 e. The predicted molar refractivity (Wildman–Crippen MR) is 81.6 cm³/mol. The van der Waals surface area contributed by atoms with E-state index in [-0.39, 0.29) is 6.42 Å². The number of aromatic nitrogens is 2. The van der Waals surface area contributed by atoms with Gasteiger partial charge in [0.2, 0.25) is 0 Å². The maximum atomic E-state index is 10.7. The first-order valence-corrected chi connectivity index (χ1v) is 7.69. The average molecular weight is 304 g/mol. The number of carbonyl (C=O) groups is 1. The van der Waals surface area contributed by atoms with Gasteiger partial charge < -0.3 is 19.1 Å².